The Balaban J connectivity index is 1.50. The molecule has 2 aromatic rings. The summed E-state index contributed by atoms with van der Waals surface area (Å²) in [5.74, 6) is 0.880. The summed E-state index contributed by atoms with van der Waals surface area (Å²) in [6.07, 6.45) is 15.8. The number of aromatic nitrogens is 2. The van der Waals surface area contributed by atoms with E-state index < -0.39 is 5.60 Å². The highest BCUT2D eigenvalue weighted by Crippen LogP contribution is 2.60. The summed E-state index contributed by atoms with van der Waals surface area (Å²) in [5, 5.41) is 0. The fourth-order valence-electron chi connectivity index (χ4n) is 6.29. The van der Waals surface area contributed by atoms with E-state index in [1.807, 2.05) is 62.5 Å². The molecule has 4 atom stereocenters. The summed E-state index contributed by atoms with van der Waals surface area (Å²) >= 11 is 0. The summed E-state index contributed by atoms with van der Waals surface area (Å²) in [6, 6.07) is 8.27. The van der Waals surface area contributed by atoms with E-state index in [1.54, 1.807) is 6.20 Å². The molecule has 172 valence electrons. The number of ether oxygens (including phenoxy) is 1. The van der Waals surface area contributed by atoms with Crippen molar-refractivity contribution in [3.05, 3.63) is 72.3 Å². The molecule has 1 fully saturated rings. The molecule has 1 aliphatic heterocycles. The van der Waals surface area contributed by atoms with Gasteiger partial charge in [-0.1, -0.05) is 25.1 Å². The Labute approximate surface area is 196 Å². The van der Waals surface area contributed by atoms with Crippen molar-refractivity contribution in [1.82, 2.24) is 14.9 Å². The molecule has 0 bridgehead atoms. The van der Waals surface area contributed by atoms with E-state index in [9.17, 15) is 4.79 Å². The van der Waals surface area contributed by atoms with Gasteiger partial charge in [-0.05, 0) is 93.0 Å². The normalized spacial score (nSPS) is 29.0. The maximum absolute atomic E-state index is 13.5. The molecule has 0 unspecified atom stereocenters. The quantitative estimate of drug-likeness (QED) is 0.543. The first-order valence-electron chi connectivity index (χ1n) is 12.0. The van der Waals surface area contributed by atoms with Crippen LogP contribution in [0.1, 0.15) is 64.5 Å². The van der Waals surface area contributed by atoms with Gasteiger partial charge in [-0.25, -0.2) is 4.79 Å². The lowest BCUT2D eigenvalue weighted by Crippen LogP contribution is -2.54. The van der Waals surface area contributed by atoms with Crippen molar-refractivity contribution in [2.45, 2.75) is 65.0 Å². The minimum absolute atomic E-state index is 0.101. The average Bonchev–Trinajstić information content (AvgIpc) is 3.15. The number of allylic oxidation sites excluding steroid dienone is 3. The molecule has 1 saturated carbocycles. The van der Waals surface area contributed by atoms with Gasteiger partial charge < -0.3 is 4.74 Å². The monoisotopic (exact) mass is 443 g/mol. The number of amides is 1. The lowest BCUT2D eigenvalue weighted by molar-refractivity contribution is -0.00179. The van der Waals surface area contributed by atoms with Gasteiger partial charge in [0.25, 0.3) is 0 Å². The van der Waals surface area contributed by atoms with Gasteiger partial charge >= 0.3 is 6.09 Å². The molecule has 0 radical (unpaired) electrons. The van der Waals surface area contributed by atoms with Crippen LogP contribution in [0, 0.1) is 17.3 Å². The Morgan fingerprint density at radius 1 is 1.06 bits per heavy atom. The Morgan fingerprint density at radius 3 is 2.39 bits per heavy atom. The minimum Gasteiger partial charge on any atom is -0.443 e. The molecule has 5 heteroatoms. The first-order valence-corrected chi connectivity index (χ1v) is 12.0. The van der Waals surface area contributed by atoms with Gasteiger partial charge in [0.15, 0.2) is 0 Å². The Morgan fingerprint density at radius 2 is 1.76 bits per heavy atom. The highest BCUT2D eigenvalue weighted by Gasteiger charge is 2.54. The summed E-state index contributed by atoms with van der Waals surface area (Å²) in [6.45, 7) is 8.20. The third-order valence-electron chi connectivity index (χ3n) is 7.67. The summed E-state index contributed by atoms with van der Waals surface area (Å²) < 4.78 is 5.91. The Bertz CT molecular complexity index is 1090. The van der Waals surface area contributed by atoms with Gasteiger partial charge in [0.1, 0.15) is 5.60 Å². The van der Waals surface area contributed by atoms with Crippen LogP contribution in [0.4, 0.5) is 4.79 Å². The van der Waals surface area contributed by atoms with Gasteiger partial charge in [-0.2, -0.15) is 0 Å². The van der Waals surface area contributed by atoms with Gasteiger partial charge in [0, 0.05) is 36.4 Å². The van der Waals surface area contributed by atoms with Crippen LogP contribution in [0.3, 0.4) is 0 Å². The molecule has 0 N–H and O–H groups in total. The predicted molar refractivity (Wildman–Crippen MR) is 130 cm³/mol. The van der Waals surface area contributed by atoms with E-state index in [4.69, 9.17) is 4.74 Å². The van der Waals surface area contributed by atoms with Crippen LogP contribution in [0.5, 0.6) is 0 Å². The molecule has 0 spiro atoms. The maximum atomic E-state index is 13.5. The highest BCUT2D eigenvalue weighted by molar-refractivity contribution is 5.83. The van der Waals surface area contributed by atoms with Crippen LogP contribution in [-0.4, -0.2) is 32.6 Å². The molecular formula is C28H33N3O2. The number of nitrogens with zero attached hydrogens (tertiary/aromatic N) is 3. The standard InChI is InChI=1S/C28H33N3O2/c1-27(2,3)33-26(32)31-24(20-8-6-16-30-18-20)12-9-21-23-11-10-22(19-7-5-15-29-17-19)28(23,4)14-13-25(21)31/h5-8,10,12,15-18,21,23,25H,9,11,13-14H2,1-4H3/t21-,23-,25-,28+/m0/s1. The smallest absolute Gasteiger partial charge is 0.415 e. The number of carbonyl (C=O) groups is 1. The van der Waals surface area contributed by atoms with Crippen molar-refractivity contribution < 1.29 is 9.53 Å². The van der Waals surface area contributed by atoms with E-state index in [1.165, 1.54) is 11.1 Å². The zero-order valence-electron chi connectivity index (χ0n) is 20.0. The zero-order valence-corrected chi connectivity index (χ0v) is 20.0. The topological polar surface area (TPSA) is 55.3 Å². The second-order valence-electron chi connectivity index (χ2n) is 10.8. The van der Waals surface area contributed by atoms with Gasteiger partial charge in [-0.3, -0.25) is 14.9 Å². The second-order valence-corrected chi connectivity index (χ2v) is 10.8. The van der Waals surface area contributed by atoms with Crippen LogP contribution in [0.2, 0.25) is 0 Å². The fraction of sp³-hybridized carbons (Fsp3) is 0.464. The second kappa shape index (κ2) is 8.12. The molecule has 2 aliphatic carbocycles. The van der Waals surface area contributed by atoms with Crippen LogP contribution < -0.4 is 0 Å². The van der Waals surface area contributed by atoms with Gasteiger partial charge in [-0.15, -0.1) is 0 Å². The van der Waals surface area contributed by atoms with E-state index in [2.05, 4.69) is 35.1 Å². The van der Waals surface area contributed by atoms with Gasteiger partial charge in [0.2, 0.25) is 0 Å². The molecule has 3 heterocycles. The van der Waals surface area contributed by atoms with Crippen molar-refractivity contribution in [1.29, 1.82) is 0 Å². The Kier molecular flexibility index (Phi) is 5.38. The SMILES string of the molecule is CC(C)(C)OC(=O)N1C(c2cccnc2)=CC[C@@H]2[C@@H]1CC[C@]1(C)C(c3cccnc3)=CC[C@@H]21. The number of fused-ring (bicyclic) bond motifs is 3. The number of hydrogen-bond donors (Lipinski definition) is 0. The van der Waals surface area contributed by atoms with Crippen LogP contribution >= 0.6 is 0 Å². The lowest BCUT2D eigenvalue weighted by atomic mass is 9.58. The number of rotatable bonds is 2. The molecule has 5 rings (SSSR count). The highest BCUT2D eigenvalue weighted by atomic mass is 16.6. The number of carbonyl (C=O) groups excluding carboxylic acids is 1. The summed E-state index contributed by atoms with van der Waals surface area (Å²) in [4.78, 5) is 24.1. The largest absolute Gasteiger partial charge is 0.443 e. The fourth-order valence-corrected chi connectivity index (χ4v) is 6.29. The van der Waals surface area contributed by atoms with Crippen LogP contribution in [0.25, 0.3) is 11.3 Å². The molecular weight excluding hydrogens is 410 g/mol. The van der Waals surface area contributed by atoms with Crippen molar-refractivity contribution in [2.75, 3.05) is 0 Å². The van der Waals surface area contributed by atoms with Crippen LogP contribution in [-0.2, 0) is 4.74 Å². The first-order chi connectivity index (χ1) is 15.8. The summed E-state index contributed by atoms with van der Waals surface area (Å²) in [7, 11) is 0. The van der Waals surface area contributed by atoms with Crippen molar-refractivity contribution in [3.8, 4) is 0 Å². The average molecular weight is 444 g/mol. The summed E-state index contributed by atoms with van der Waals surface area (Å²) in [5.41, 5.74) is 4.10. The number of pyridine rings is 2. The van der Waals surface area contributed by atoms with E-state index in [-0.39, 0.29) is 17.6 Å². The third kappa shape index (κ3) is 3.88. The van der Waals surface area contributed by atoms with E-state index >= 15 is 0 Å². The molecule has 33 heavy (non-hydrogen) atoms. The maximum Gasteiger partial charge on any atom is 0.415 e. The zero-order chi connectivity index (χ0) is 23.2. The predicted octanol–water partition coefficient (Wildman–Crippen LogP) is 6.35. The number of hydrogen-bond acceptors (Lipinski definition) is 4. The molecule has 0 aromatic carbocycles. The molecule has 3 aliphatic rings. The first kappa shape index (κ1) is 21.9. The third-order valence-corrected chi connectivity index (χ3v) is 7.67. The van der Waals surface area contributed by atoms with E-state index in [0.29, 0.717) is 11.8 Å². The molecule has 0 saturated heterocycles. The molecule has 2 aromatic heterocycles. The lowest BCUT2D eigenvalue weighted by Gasteiger charge is -2.53. The molecule has 1 amide bonds. The van der Waals surface area contributed by atoms with Crippen LogP contribution in [0.15, 0.2) is 61.2 Å². The van der Waals surface area contributed by atoms with Gasteiger partial charge in [0.05, 0.1) is 5.70 Å². The minimum atomic E-state index is -0.546. The van der Waals surface area contributed by atoms with Crippen molar-refractivity contribution >= 4 is 17.4 Å². The molecule has 5 nitrogen and oxygen atoms in total. The van der Waals surface area contributed by atoms with E-state index in [0.717, 1.165) is 36.9 Å². The van der Waals surface area contributed by atoms with Crippen molar-refractivity contribution in [3.63, 3.8) is 0 Å². The van der Waals surface area contributed by atoms with Crippen molar-refractivity contribution in [2.24, 2.45) is 17.3 Å². The Hall–Kier alpha value is -2.95.